The van der Waals surface area contributed by atoms with Crippen LogP contribution in [0.25, 0.3) is 0 Å². The number of alkyl halides is 4. The third-order valence-corrected chi connectivity index (χ3v) is 2.68. The molecule has 1 rings (SSSR count). The Hall–Kier alpha value is -1.04. The number of ether oxygens (including phenoxy) is 1. The predicted molar refractivity (Wildman–Crippen MR) is 65.4 cm³/mol. The monoisotopic (exact) mass is 324 g/mol. The third-order valence-electron chi connectivity index (χ3n) is 2.17. The van der Waals surface area contributed by atoms with Crippen molar-refractivity contribution in [3.63, 3.8) is 0 Å². The molecule has 1 aromatic carbocycles. The number of Topliss-reactive ketones (excluding diaryl/α,β-unsaturated/α-hetero) is 1. The number of carbonyl (C=O) groups is 1. The van der Waals surface area contributed by atoms with Crippen LogP contribution in [0.4, 0.5) is 13.2 Å². The first-order chi connectivity index (χ1) is 8.42. The summed E-state index contributed by atoms with van der Waals surface area (Å²) in [5.41, 5.74) is 0.537. The molecule has 0 radical (unpaired) electrons. The van der Waals surface area contributed by atoms with Gasteiger partial charge in [-0.25, -0.2) is 0 Å². The van der Waals surface area contributed by atoms with E-state index in [1.54, 1.807) is 24.3 Å². The molecule has 0 aliphatic heterocycles. The van der Waals surface area contributed by atoms with Gasteiger partial charge in [-0.1, -0.05) is 15.9 Å². The van der Waals surface area contributed by atoms with E-state index in [4.69, 9.17) is 4.74 Å². The van der Waals surface area contributed by atoms with Gasteiger partial charge in [0.15, 0.2) is 5.78 Å². The molecule has 0 aliphatic rings. The molecular formula is C12H12BrF3O2. The first kappa shape index (κ1) is 15.0. The molecule has 0 amide bonds. The van der Waals surface area contributed by atoms with Gasteiger partial charge < -0.3 is 4.74 Å². The number of halogens is 4. The minimum Gasteiger partial charge on any atom is -0.494 e. The second kappa shape index (κ2) is 6.78. The van der Waals surface area contributed by atoms with Crippen LogP contribution >= 0.6 is 15.9 Å². The van der Waals surface area contributed by atoms with E-state index < -0.39 is 12.6 Å². The number of ketones is 1. The second-order valence-electron chi connectivity index (χ2n) is 3.65. The molecule has 0 aliphatic carbocycles. The van der Waals surface area contributed by atoms with E-state index in [9.17, 15) is 18.0 Å². The highest BCUT2D eigenvalue weighted by atomic mass is 79.9. The summed E-state index contributed by atoms with van der Waals surface area (Å²) >= 11 is 3.05. The summed E-state index contributed by atoms with van der Waals surface area (Å²) < 4.78 is 40.7. The molecule has 0 saturated heterocycles. The fraction of sp³-hybridized carbons (Fsp3) is 0.417. The van der Waals surface area contributed by atoms with Gasteiger partial charge >= 0.3 is 6.18 Å². The molecule has 0 N–H and O–H groups in total. The Morgan fingerprint density at radius 1 is 1.22 bits per heavy atom. The number of carbonyl (C=O) groups excluding carboxylic acids is 1. The first-order valence-corrected chi connectivity index (χ1v) is 6.43. The van der Waals surface area contributed by atoms with Crippen molar-refractivity contribution in [2.45, 2.75) is 19.0 Å². The van der Waals surface area contributed by atoms with E-state index in [1.165, 1.54) is 0 Å². The number of hydrogen-bond acceptors (Lipinski definition) is 2. The molecule has 0 spiro atoms. The third kappa shape index (κ3) is 5.53. The normalized spacial score (nSPS) is 11.3. The minimum atomic E-state index is -4.14. The maximum atomic E-state index is 11.9. The van der Waals surface area contributed by atoms with Crippen molar-refractivity contribution in [3.05, 3.63) is 29.8 Å². The lowest BCUT2D eigenvalue weighted by atomic mass is 10.1. The Bertz CT molecular complexity index is 387. The second-order valence-corrected chi connectivity index (χ2v) is 4.21. The highest BCUT2D eigenvalue weighted by Crippen LogP contribution is 2.21. The number of benzene rings is 1. The molecule has 6 heteroatoms. The van der Waals surface area contributed by atoms with E-state index in [0.717, 1.165) is 0 Å². The summed E-state index contributed by atoms with van der Waals surface area (Å²) in [6.45, 7) is 0.00521. The Morgan fingerprint density at radius 3 is 2.33 bits per heavy atom. The van der Waals surface area contributed by atoms with E-state index in [-0.39, 0.29) is 24.1 Å². The summed E-state index contributed by atoms with van der Waals surface area (Å²) in [4.78, 5) is 11.3. The van der Waals surface area contributed by atoms with Crippen molar-refractivity contribution in [2.75, 3.05) is 11.9 Å². The van der Waals surface area contributed by atoms with Gasteiger partial charge in [0.1, 0.15) is 5.75 Å². The van der Waals surface area contributed by atoms with Crippen LogP contribution in [0.1, 0.15) is 23.2 Å². The topological polar surface area (TPSA) is 26.3 Å². The molecule has 2 nitrogen and oxygen atoms in total. The minimum absolute atomic E-state index is 0.00521. The van der Waals surface area contributed by atoms with Crippen molar-refractivity contribution in [1.82, 2.24) is 0 Å². The maximum absolute atomic E-state index is 11.9. The van der Waals surface area contributed by atoms with Crippen LogP contribution in [0.15, 0.2) is 24.3 Å². The average molecular weight is 325 g/mol. The Balaban J connectivity index is 2.38. The van der Waals surface area contributed by atoms with Gasteiger partial charge in [0.05, 0.1) is 11.9 Å². The summed E-state index contributed by atoms with van der Waals surface area (Å²) in [5, 5.41) is 0.235. The van der Waals surface area contributed by atoms with Gasteiger partial charge in [0.2, 0.25) is 0 Å². The quantitative estimate of drug-likeness (QED) is 0.449. The largest absolute Gasteiger partial charge is 0.494 e. The fourth-order valence-corrected chi connectivity index (χ4v) is 1.60. The summed E-state index contributed by atoms with van der Waals surface area (Å²) in [6, 6.07) is 6.32. The molecule has 0 bridgehead atoms. The SMILES string of the molecule is O=C(CBr)c1ccc(OCCCC(F)(F)F)cc1. The molecule has 0 heterocycles. The Morgan fingerprint density at radius 2 is 1.83 bits per heavy atom. The van der Waals surface area contributed by atoms with Crippen molar-refractivity contribution in [3.8, 4) is 5.75 Å². The average Bonchev–Trinajstić information content (AvgIpc) is 2.33. The molecule has 18 heavy (non-hydrogen) atoms. The molecule has 1 aromatic rings. The van der Waals surface area contributed by atoms with Crippen LogP contribution in [0, 0.1) is 0 Å². The van der Waals surface area contributed by atoms with Crippen molar-refractivity contribution in [1.29, 1.82) is 0 Å². The van der Waals surface area contributed by atoms with Crippen LogP contribution in [0.2, 0.25) is 0 Å². The molecule has 0 fully saturated rings. The maximum Gasteiger partial charge on any atom is 0.389 e. The van der Waals surface area contributed by atoms with Crippen LogP contribution in [-0.2, 0) is 0 Å². The molecule has 100 valence electrons. The van der Waals surface area contributed by atoms with Crippen molar-refractivity contribution in [2.24, 2.45) is 0 Å². The summed E-state index contributed by atoms with van der Waals surface area (Å²) in [6.07, 6.45) is -5.08. The van der Waals surface area contributed by atoms with E-state index in [1.807, 2.05) is 0 Å². The fourth-order valence-electron chi connectivity index (χ4n) is 1.28. The van der Waals surface area contributed by atoms with Crippen molar-refractivity contribution >= 4 is 21.7 Å². The molecule has 0 atom stereocenters. The van der Waals surface area contributed by atoms with Crippen LogP contribution in [0.3, 0.4) is 0 Å². The zero-order valence-electron chi connectivity index (χ0n) is 9.47. The Labute approximate surface area is 111 Å². The predicted octanol–water partition coefficient (Wildman–Crippen LogP) is 3.99. The smallest absolute Gasteiger partial charge is 0.389 e. The van der Waals surface area contributed by atoms with Gasteiger partial charge in [-0.05, 0) is 30.7 Å². The highest BCUT2D eigenvalue weighted by Gasteiger charge is 2.26. The van der Waals surface area contributed by atoms with E-state index in [0.29, 0.717) is 11.3 Å². The van der Waals surface area contributed by atoms with Gasteiger partial charge in [-0.15, -0.1) is 0 Å². The first-order valence-electron chi connectivity index (χ1n) is 5.31. The number of hydrogen-bond donors (Lipinski definition) is 0. The lowest BCUT2D eigenvalue weighted by Crippen LogP contribution is -2.09. The summed E-state index contributed by atoms with van der Waals surface area (Å²) in [5.74, 6) is 0.405. The molecular weight excluding hydrogens is 313 g/mol. The zero-order chi connectivity index (χ0) is 13.6. The molecule has 0 unspecified atom stereocenters. The number of rotatable bonds is 6. The molecule has 0 saturated carbocycles. The lowest BCUT2D eigenvalue weighted by Gasteiger charge is -2.08. The van der Waals surface area contributed by atoms with Gasteiger partial charge in [0.25, 0.3) is 0 Å². The summed E-state index contributed by atoms with van der Waals surface area (Å²) in [7, 11) is 0. The highest BCUT2D eigenvalue weighted by molar-refractivity contribution is 9.09. The van der Waals surface area contributed by atoms with Crippen LogP contribution in [0.5, 0.6) is 5.75 Å². The van der Waals surface area contributed by atoms with Crippen LogP contribution < -0.4 is 4.74 Å². The van der Waals surface area contributed by atoms with Gasteiger partial charge in [-0.3, -0.25) is 4.79 Å². The van der Waals surface area contributed by atoms with E-state index >= 15 is 0 Å². The van der Waals surface area contributed by atoms with Crippen molar-refractivity contribution < 1.29 is 22.7 Å². The zero-order valence-corrected chi connectivity index (χ0v) is 11.1. The molecule has 0 aromatic heterocycles. The lowest BCUT2D eigenvalue weighted by molar-refractivity contribution is -0.136. The van der Waals surface area contributed by atoms with Gasteiger partial charge in [-0.2, -0.15) is 13.2 Å². The Kier molecular flexibility index (Phi) is 5.65. The van der Waals surface area contributed by atoms with Crippen LogP contribution in [-0.4, -0.2) is 23.9 Å². The van der Waals surface area contributed by atoms with E-state index in [2.05, 4.69) is 15.9 Å². The standard InChI is InChI=1S/C12H12BrF3O2/c13-8-11(17)9-2-4-10(5-3-9)18-7-1-6-12(14,15)16/h2-5H,1,6-8H2. The van der Waals surface area contributed by atoms with Gasteiger partial charge in [0, 0.05) is 12.0 Å².